The second-order valence-corrected chi connectivity index (χ2v) is 8.06. The van der Waals surface area contributed by atoms with Gasteiger partial charge in [0.15, 0.2) is 0 Å². The summed E-state index contributed by atoms with van der Waals surface area (Å²) in [5, 5.41) is 20.1. The van der Waals surface area contributed by atoms with Crippen molar-refractivity contribution < 1.29 is 15.0 Å². The van der Waals surface area contributed by atoms with Crippen LogP contribution in [0, 0.1) is 22.7 Å². The third-order valence-electron chi connectivity index (χ3n) is 5.97. The molecule has 2 N–H and O–H groups in total. The van der Waals surface area contributed by atoms with Gasteiger partial charge in [-0.25, -0.2) is 0 Å². The third kappa shape index (κ3) is 2.88. The van der Waals surface area contributed by atoms with Crippen molar-refractivity contribution >= 4 is 5.97 Å². The van der Waals surface area contributed by atoms with Gasteiger partial charge in [0, 0.05) is 5.92 Å². The first-order chi connectivity index (χ1) is 9.27. The number of rotatable bonds is 2. The maximum atomic E-state index is 12.0. The lowest BCUT2D eigenvalue weighted by atomic mass is 9.57. The molecule has 2 aliphatic carbocycles. The van der Waals surface area contributed by atoms with Gasteiger partial charge in [0.1, 0.15) is 0 Å². The summed E-state index contributed by atoms with van der Waals surface area (Å²) in [5.41, 5.74) is -0.405. The lowest BCUT2D eigenvalue weighted by molar-refractivity contribution is -0.163. The van der Waals surface area contributed by atoms with Crippen LogP contribution in [0.4, 0.5) is 0 Å². The standard InChI is InChI=1S/C17H30O3/c1-16(2,3)12-8-10-17(11-9-12,15(19)20)13-6-4-5-7-14(13)18/h12-14,18H,4-11H2,1-3H3,(H,19,20). The molecule has 0 bridgehead atoms. The topological polar surface area (TPSA) is 57.5 Å². The Bertz CT molecular complexity index is 348. The molecule has 0 radical (unpaired) electrons. The van der Waals surface area contributed by atoms with E-state index in [0.717, 1.165) is 51.4 Å². The van der Waals surface area contributed by atoms with Gasteiger partial charge in [0.2, 0.25) is 0 Å². The van der Waals surface area contributed by atoms with Crippen LogP contribution in [0.1, 0.15) is 72.1 Å². The smallest absolute Gasteiger partial charge is 0.310 e. The first-order valence-corrected chi connectivity index (χ1v) is 8.19. The molecule has 2 saturated carbocycles. The molecule has 0 heterocycles. The van der Waals surface area contributed by atoms with E-state index in [1.165, 1.54) is 0 Å². The fraction of sp³-hybridized carbons (Fsp3) is 0.941. The summed E-state index contributed by atoms with van der Waals surface area (Å²) >= 11 is 0. The quantitative estimate of drug-likeness (QED) is 0.809. The van der Waals surface area contributed by atoms with Crippen LogP contribution in [-0.4, -0.2) is 22.3 Å². The van der Waals surface area contributed by atoms with Crippen molar-refractivity contribution in [2.75, 3.05) is 0 Å². The maximum Gasteiger partial charge on any atom is 0.310 e. The van der Waals surface area contributed by atoms with E-state index < -0.39 is 17.5 Å². The predicted octanol–water partition coefficient (Wildman–Crippen LogP) is 3.84. The number of aliphatic hydroxyl groups excluding tert-OH is 1. The minimum atomic E-state index is -0.671. The van der Waals surface area contributed by atoms with Gasteiger partial charge in [-0.1, -0.05) is 33.6 Å². The van der Waals surface area contributed by atoms with Crippen LogP contribution in [0.25, 0.3) is 0 Å². The zero-order valence-electron chi connectivity index (χ0n) is 13.2. The molecule has 2 unspecified atom stereocenters. The van der Waals surface area contributed by atoms with E-state index >= 15 is 0 Å². The van der Waals surface area contributed by atoms with Gasteiger partial charge >= 0.3 is 5.97 Å². The molecule has 0 aliphatic heterocycles. The molecule has 3 nitrogen and oxygen atoms in total. The number of hydrogen-bond acceptors (Lipinski definition) is 2. The van der Waals surface area contributed by atoms with E-state index in [4.69, 9.17) is 0 Å². The van der Waals surface area contributed by atoms with Gasteiger partial charge in [-0.05, 0) is 49.9 Å². The molecule has 0 aromatic rings. The van der Waals surface area contributed by atoms with Crippen LogP contribution in [0.5, 0.6) is 0 Å². The Balaban J connectivity index is 2.15. The normalized spacial score (nSPS) is 39.5. The summed E-state index contributed by atoms with van der Waals surface area (Å²) in [5.74, 6) is -0.0961. The number of carboxylic acids is 1. The highest BCUT2D eigenvalue weighted by Gasteiger charge is 2.51. The van der Waals surface area contributed by atoms with Crippen molar-refractivity contribution in [2.24, 2.45) is 22.7 Å². The number of carbonyl (C=O) groups is 1. The molecule has 116 valence electrons. The summed E-state index contributed by atoms with van der Waals surface area (Å²) < 4.78 is 0. The van der Waals surface area contributed by atoms with Crippen molar-refractivity contribution in [2.45, 2.75) is 78.2 Å². The maximum absolute atomic E-state index is 12.0. The van der Waals surface area contributed by atoms with Gasteiger partial charge < -0.3 is 10.2 Å². The Labute approximate surface area is 122 Å². The van der Waals surface area contributed by atoms with Gasteiger partial charge in [-0.3, -0.25) is 4.79 Å². The van der Waals surface area contributed by atoms with Gasteiger partial charge in [-0.2, -0.15) is 0 Å². The number of aliphatic hydroxyl groups is 1. The zero-order valence-corrected chi connectivity index (χ0v) is 13.2. The largest absolute Gasteiger partial charge is 0.481 e. The third-order valence-corrected chi connectivity index (χ3v) is 5.97. The summed E-state index contributed by atoms with van der Waals surface area (Å²) in [4.78, 5) is 12.0. The average molecular weight is 282 g/mol. The monoisotopic (exact) mass is 282 g/mol. The zero-order chi connectivity index (χ0) is 15.0. The molecule has 0 aromatic carbocycles. The Morgan fingerprint density at radius 1 is 1.05 bits per heavy atom. The molecule has 2 aliphatic rings. The first kappa shape index (κ1) is 15.8. The molecule has 3 heteroatoms. The summed E-state index contributed by atoms with van der Waals surface area (Å²) in [6.07, 6.45) is 6.81. The average Bonchev–Trinajstić information content (AvgIpc) is 2.38. The lowest BCUT2D eigenvalue weighted by Gasteiger charge is -2.48. The molecule has 2 atom stereocenters. The van der Waals surface area contributed by atoms with Crippen LogP contribution in [0.15, 0.2) is 0 Å². The Hall–Kier alpha value is -0.570. The molecular weight excluding hydrogens is 252 g/mol. The molecular formula is C17H30O3. The van der Waals surface area contributed by atoms with E-state index in [1.807, 2.05) is 0 Å². The van der Waals surface area contributed by atoms with Crippen molar-refractivity contribution in [1.82, 2.24) is 0 Å². The van der Waals surface area contributed by atoms with Crippen LogP contribution in [0.2, 0.25) is 0 Å². The molecule has 20 heavy (non-hydrogen) atoms. The first-order valence-electron chi connectivity index (χ1n) is 8.19. The highest BCUT2D eigenvalue weighted by atomic mass is 16.4. The SMILES string of the molecule is CC(C)(C)C1CCC(C(=O)O)(C2CCCCC2O)CC1. The van der Waals surface area contributed by atoms with Crippen molar-refractivity contribution in [3.63, 3.8) is 0 Å². The van der Waals surface area contributed by atoms with Crippen LogP contribution >= 0.6 is 0 Å². The van der Waals surface area contributed by atoms with E-state index in [2.05, 4.69) is 20.8 Å². The summed E-state index contributed by atoms with van der Waals surface area (Å²) in [6, 6.07) is 0. The minimum Gasteiger partial charge on any atom is -0.481 e. The number of aliphatic carboxylic acids is 1. The fourth-order valence-electron chi connectivity index (χ4n) is 4.50. The van der Waals surface area contributed by atoms with Crippen molar-refractivity contribution in [3.05, 3.63) is 0 Å². The Morgan fingerprint density at radius 3 is 2.05 bits per heavy atom. The minimum absolute atomic E-state index is 0.0327. The second kappa shape index (κ2) is 5.67. The van der Waals surface area contributed by atoms with Crippen molar-refractivity contribution in [3.8, 4) is 0 Å². The van der Waals surface area contributed by atoms with Gasteiger partial charge in [0.05, 0.1) is 11.5 Å². The van der Waals surface area contributed by atoms with Crippen molar-refractivity contribution in [1.29, 1.82) is 0 Å². The number of carboxylic acid groups (broad SMARTS) is 1. The van der Waals surface area contributed by atoms with E-state index in [0.29, 0.717) is 5.92 Å². The number of hydrogen-bond donors (Lipinski definition) is 2. The molecule has 0 amide bonds. The molecule has 2 rings (SSSR count). The van der Waals surface area contributed by atoms with Crippen LogP contribution in [0.3, 0.4) is 0 Å². The van der Waals surface area contributed by atoms with Gasteiger partial charge in [0.25, 0.3) is 0 Å². The van der Waals surface area contributed by atoms with Crippen LogP contribution in [-0.2, 0) is 4.79 Å². The highest BCUT2D eigenvalue weighted by molar-refractivity contribution is 5.75. The molecule has 2 fully saturated rings. The highest BCUT2D eigenvalue weighted by Crippen LogP contribution is 2.52. The van der Waals surface area contributed by atoms with E-state index in [9.17, 15) is 15.0 Å². The predicted molar refractivity (Wildman–Crippen MR) is 79.4 cm³/mol. The van der Waals surface area contributed by atoms with E-state index in [1.54, 1.807) is 0 Å². The Kier molecular flexibility index (Phi) is 4.48. The van der Waals surface area contributed by atoms with Crippen LogP contribution < -0.4 is 0 Å². The fourth-order valence-corrected chi connectivity index (χ4v) is 4.50. The summed E-state index contributed by atoms with van der Waals surface area (Å²) in [7, 11) is 0. The molecule has 0 aromatic heterocycles. The van der Waals surface area contributed by atoms with Gasteiger partial charge in [-0.15, -0.1) is 0 Å². The Morgan fingerprint density at radius 2 is 1.60 bits per heavy atom. The summed E-state index contributed by atoms with van der Waals surface area (Å²) in [6.45, 7) is 6.75. The second-order valence-electron chi connectivity index (χ2n) is 8.06. The molecule has 0 spiro atoms. The molecule has 0 saturated heterocycles. The lowest BCUT2D eigenvalue weighted by Crippen LogP contribution is -2.48. The van der Waals surface area contributed by atoms with E-state index in [-0.39, 0.29) is 11.3 Å².